The van der Waals surface area contributed by atoms with Crippen molar-refractivity contribution in [1.82, 2.24) is 9.55 Å². The summed E-state index contributed by atoms with van der Waals surface area (Å²) in [6, 6.07) is 3.82. The van der Waals surface area contributed by atoms with E-state index in [1.807, 2.05) is 17.7 Å². The second kappa shape index (κ2) is 5.88. The molecule has 100 valence electrons. The molecule has 2 rings (SSSR count). The van der Waals surface area contributed by atoms with Gasteiger partial charge in [-0.2, -0.15) is 0 Å². The van der Waals surface area contributed by atoms with Crippen molar-refractivity contribution in [3.8, 4) is 0 Å². The fourth-order valence-corrected chi connectivity index (χ4v) is 2.57. The molecule has 0 saturated carbocycles. The van der Waals surface area contributed by atoms with Gasteiger partial charge < -0.3 is 9.67 Å². The van der Waals surface area contributed by atoms with Gasteiger partial charge in [-0.25, -0.2) is 14.2 Å². The maximum absolute atomic E-state index is 13.5. The maximum Gasteiger partial charge on any atom is 0.335 e. The maximum atomic E-state index is 13.5. The Bertz CT molecular complexity index is 598. The van der Waals surface area contributed by atoms with Crippen LogP contribution in [0.1, 0.15) is 16.2 Å². The number of carboxylic acid groups (broad SMARTS) is 1. The fraction of sp³-hybridized carbons (Fsp3) is 0.231. The normalized spacial score (nSPS) is 10.6. The summed E-state index contributed by atoms with van der Waals surface area (Å²) in [7, 11) is 0. The molecule has 0 atom stereocenters. The first-order valence-corrected chi connectivity index (χ1v) is 6.70. The molecule has 19 heavy (non-hydrogen) atoms. The smallest absolute Gasteiger partial charge is 0.335 e. The summed E-state index contributed by atoms with van der Waals surface area (Å²) in [4.78, 5) is 15.3. The number of thioether (sulfide) groups is 1. The average Bonchev–Trinajstić information content (AvgIpc) is 2.77. The Labute approximate surface area is 114 Å². The fourth-order valence-electron chi connectivity index (χ4n) is 1.64. The van der Waals surface area contributed by atoms with E-state index in [2.05, 4.69) is 4.98 Å². The molecule has 6 heteroatoms. The van der Waals surface area contributed by atoms with E-state index in [0.717, 1.165) is 5.82 Å². The van der Waals surface area contributed by atoms with Crippen LogP contribution in [0.5, 0.6) is 0 Å². The number of aryl methyl sites for hydroxylation is 2. The van der Waals surface area contributed by atoms with Crippen LogP contribution in [0.2, 0.25) is 0 Å². The number of hydrogen-bond acceptors (Lipinski definition) is 3. The minimum Gasteiger partial charge on any atom is -0.478 e. The zero-order valence-corrected chi connectivity index (χ0v) is 11.2. The molecule has 0 radical (unpaired) electrons. The van der Waals surface area contributed by atoms with E-state index >= 15 is 0 Å². The summed E-state index contributed by atoms with van der Waals surface area (Å²) >= 11 is 1.30. The van der Waals surface area contributed by atoms with Gasteiger partial charge in [-0.05, 0) is 25.1 Å². The molecule has 4 nitrogen and oxygen atoms in total. The second-order valence-corrected chi connectivity index (χ2v) is 5.10. The summed E-state index contributed by atoms with van der Waals surface area (Å²) in [5.41, 5.74) is 0.0997. The summed E-state index contributed by atoms with van der Waals surface area (Å²) in [5.74, 6) is 0.113. The highest BCUT2D eigenvalue weighted by Crippen LogP contribution is 2.23. The number of aromatic carboxylic acids is 1. The molecule has 0 fully saturated rings. The number of aromatic nitrogens is 2. The summed E-state index contributed by atoms with van der Waals surface area (Å²) in [6.07, 6.45) is 3.57. The molecule has 0 bridgehead atoms. The predicted molar refractivity (Wildman–Crippen MR) is 71.0 cm³/mol. The quantitative estimate of drug-likeness (QED) is 0.856. The van der Waals surface area contributed by atoms with Crippen LogP contribution in [0.15, 0.2) is 35.5 Å². The minimum absolute atomic E-state index is 0.0997. The van der Waals surface area contributed by atoms with Crippen LogP contribution < -0.4 is 0 Å². The SMILES string of the molecule is Cc1nccn1CCSc1cc(C(=O)O)ccc1F. The summed E-state index contributed by atoms with van der Waals surface area (Å²) in [5, 5.41) is 8.87. The van der Waals surface area contributed by atoms with E-state index in [0.29, 0.717) is 17.2 Å². The van der Waals surface area contributed by atoms with Gasteiger partial charge in [-0.1, -0.05) is 0 Å². The Kier molecular flexibility index (Phi) is 4.21. The van der Waals surface area contributed by atoms with Gasteiger partial charge in [-0.15, -0.1) is 11.8 Å². The molecule has 0 spiro atoms. The third kappa shape index (κ3) is 3.35. The van der Waals surface area contributed by atoms with Crippen molar-refractivity contribution < 1.29 is 14.3 Å². The zero-order chi connectivity index (χ0) is 13.8. The number of imidazole rings is 1. The van der Waals surface area contributed by atoms with Crippen LogP contribution in [0.3, 0.4) is 0 Å². The lowest BCUT2D eigenvalue weighted by Gasteiger charge is -2.06. The lowest BCUT2D eigenvalue weighted by atomic mass is 10.2. The van der Waals surface area contributed by atoms with Crippen LogP contribution in [-0.4, -0.2) is 26.4 Å². The van der Waals surface area contributed by atoms with Crippen molar-refractivity contribution in [3.05, 3.63) is 47.8 Å². The van der Waals surface area contributed by atoms with Crippen molar-refractivity contribution in [1.29, 1.82) is 0 Å². The van der Waals surface area contributed by atoms with Crippen molar-refractivity contribution in [3.63, 3.8) is 0 Å². The molecule has 1 aromatic heterocycles. The topological polar surface area (TPSA) is 55.1 Å². The van der Waals surface area contributed by atoms with Crippen molar-refractivity contribution in [2.24, 2.45) is 0 Å². The summed E-state index contributed by atoms with van der Waals surface area (Å²) < 4.78 is 15.5. The van der Waals surface area contributed by atoms with Gasteiger partial charge in [0.25, 0.3) is 0 Å². The van der Waals surface area contributed by atoms with E-state index in [1.54, 1.807) is 6.20 Å². The molecule has 2 aromatic rings. The molecule has 0 aliphatic heterocycles. The van der Waals surface area contributed by atoms with E-state index < -0.39 is 11.8 Å². The van der Waals surface area contributed by atoms with E-state index in [1.165, 1.54) is 30.0 Å². The number of benzene rings is 1. The molecule has 1 N–H and O–H groups in total. The molecular formula is C13H13FN2O2S. The number of carboxylic acids is 1. The van der Waals surface area contributed by atoms with Crippen molar-refractivity contribution in [2.75, 3.05) is 5.75 Å². The van der Waals surface area contributed by atoms with Gasteiger partial charge in [0.05, 0.1) is 5.56 Å². The molecule has 0 amide bonds. The highest BCUT2D eigenvalue weighted by molar-refractivity contribution is 7.99. The highest BCUT2D eigenvalue weighted by Gasteiger charge is 2.09. The molecule has 0 unspecified atom stereocenters. The van der Waals surface area contributed by atoms with Gasteiger partial charge >= 0.3 is 5.97 Å². The Hall–Kier alpha value is -1.82. The number of halogens is 1. The van der Waals surface area contributed by atoms with Crippen LogP contribution in [0.4, 0.5) is 4.39 Å². The Morgan fingerprint density at radius 2 is 2.32 bits per heavy atom. The van der Waals surface area contributed by atoms with Gasteiger partial charge in [0, 0.05) is 29.6 Å². The molecule has 0 aliphatic rings. The largest absolute Gasteiger partial charge is 0.478 e. The standard InChI is InChI=1S/C13H13FN2O2S/c1-9-15-4-5-16(9)6-7-19-12-8-10(13(17)18)2-3-11(12)14/h2-5,8H,6-7H2,1H3,(H,17,18). The zero-order valence-electron chi connectivity index (χ0n) is 10.3. The van der Waals surface area contributed by atoms with Crippen LogP contribution >= 0.6 is 11.8 Å². The van der Waals surface area contributed by atoms with Crippen molar-refractivity contribution in [2.45, 2.75) is 18.4 Å². The second-order valence-electron chi connectivity index (χ2n) is 3.97. The van der Waals surface area contributed by atoms with E-state index in [9.17, 15) is 9.18 Å². The number of carbonyl (C=O) groups is 1. The average molecular weight is 280 g/mol. The van der Waals surface area contributed by atoms with Crippen LogP contribution in [-0.2, 0) is 6.54 Å². The number of hydrogen-bond donors (Lipinski definition) is 1. The monoisotopic (exact) mass is 280 g/mol. The number of nitrogens with zero attached hydrogens (tertiary/aromatic N) is 2. The molecule has 0 saturated heterocycles. The van der Waals surface area contributed by atoms with Gasteiger partial charge in [0.2, 0.25) is 0 Å². The van der Waals surface area contributed by atoms with Gasteiger partial charge in [-0.3, -0.25) is 0 Å². The summed E-state index contributed by atoms with van der Waals surface area (Å²) in [6.45, 7) is 2.60. The Balaban J connectivity index is 2.01. The first-order valence-electron chi connectivity index (χ1n) is 5.71. The molecule has 1 aromatic carbocycles. The van der Waals surface area contributed by atoms with E-state index in [-0.39, 0.29) is 5.56 Å². The minimum atomic E-state index is -1.05. The first kappa shape index (κ1) is 13.6. The van der Waals surface area contributed by atoms with E-state index in [4.69, 9.17) is 5.11 Å². The molecule has 1 heterocycles. The lowest BCUT2D eigenvalue weighted by molar-refractivity contribution is 0.0696. The molecule has 0 aliphatic carbocycles. The lowest BCUT2D eigenvalue weighted by Crippen LogP contribution is -2.02. The highest BCUT2D eigenvalue weighted by atomic mass is 32.2. The van der Waals surface area contributed by atoms with Crippen LogP contribution in [0, 0.1) is 12.7 Å². The first-order chi connectivity index (χ1) is 9.08. The molecular weight excluding hydrogens is 267 g/mol. The van der Waals surface area contributed by atoms with Gasteiger partial charge in [0.15, 0.2) is 0 Å². The van der Waals surface area contributed by atoms with Gasteiger partial charge in [0.1, 0.15) is 11.6 Å². The van der Waals surface area contributed by atoms with Crippen LogP contribution in [0.25, 0.3) is 0 Å². The Morgan fingerprint density at radius 3 is 2.95 bits per heavy atom. The number of rotatable bonds is 5. The third-order valence-corrected chi connectivity index (χ3v) is 3.70. The predicted octanol–water partition coefficient (Wildman–Crippen LogP) is 2.82. The third-order valence-electron chi connectivity index (χ3n) is 2.69. The Morgan fingerprint density at radius 1 is 1.53 bits per heavy atom. The van der Waals surface area contributed by atoms with Crippen molar-refractivity contribution >= 4 is 17.7 Å².